The van der Waals surface area contributed by atoms with Crippen LogP contribution >= 0.6 is 0 Å². The second kappa shape index (κ2) is 6.43. The minimum absolute atomic E-state index is 0.0669. The second-order valence-electron chi connectivity index (χ2n) is 4.90. The summed E-state index contributed by atoms with van der Waals surface area (Å²) in [7, 11) is 1.53. The van der Waals surface area contributed by atoms with Crippen LogP contribution in [0.1, 0.15) is 30.6 Å². The molecule has 19 heavy (non-hydrogen) atoms. The number of aromatic carboxylic acids is 1. The van der Waals surface area contributed by atoms with Crippen LogP contribution in [-0.4, -0.2) is 36.4 Å². The van der Waals surface area contributed by atoms with Gasteiger partial charge in [0.25, 0.3) is 0 Å². The Kier molecular flexibility index (Phi) is 5.18. The molecule has 0 saturated carbocycles. The summed E-state index contributed by atoms with van der Waals surface area (Å²) in [6, 6.07) is 4.65. The molecule has 3 N–H and O–H groups in total. The van der Waals surface area contributed by atoms with E-state index in [-0.39, 0.29) is 17.6 Å². The summed E-state index contributed by atoms with van der Waals surface area (Å²) >= 11 is 0. The van der Waals surface area contributed by atoms with Crippen LogP contribution in [0.2, 0.25) is 0 Å². The van der Waals surface area contributed by atoms with Gasteiger partial charge in [0.15, 0.2) is 0 Å². The topological polar surface area (TPSA) is 78.8 Å². The summed E-state index contributed by atoms with van der Waals surface area (Å²) in [5, 5.41) is 21.5. The minimum atomic E-state index is -0.980. The third-order valence-corrected chi connectivity index (χ3v) is 3.39. The average molecular weight is 267 g/mol. The van der Waals surface area contributed by atoms with Crippen LogP contribution in [-0.2, 0) is 0 Å². The van der Waals surface area contributed by atoms with E-state index < -0.39 is 5.97 Å². The van der Waals surface area contributed by atoms with Crippen LogP contribution in [0.25, 0.3) is 0 Å². The zero-order chi connectivity index (χ0) is 14.5. The maximum atomic E-state index is 11.0. The Morgan fingerprint density at radius 2 is 2.16 bits per heavy atom. The molecule has 0 bridgehead atoms. The van der Waals surface area contributed by atoms with Gasteiger partial charge in [-0.3, -0.25) is 0 Å². The van der Waals surface area contributed by atoms with Gasteiger partial charge in [0.2, 0.25) is 0 Å². The Morgan fingerprint density at radius 3 is 2.63 bits per heavy atom. The number of carboxylic acid groups (broad SMARTS) is 1. The van der Waals surface area contributed by atoms with Gasteiger partial charge in [0, 0.05) is 12.0 Å². The standard InChI is InChI=1S/C14H21NO4/c1-4-14(2,9-16)8-15-11-7-10(13(17)18)5-6-12(11)19-3/h5-7,15-16H,4,8-9H2,1-3H3,(H,17,18). The fourth-order valence-corrected chi connectivity index (χ4v) is 1.58. The number of hydrogen-bond donors (Lipinski definition) is 3. The van der Waals surface area contributed by atoms with E-state index in [0.29, 0.717) is 18.0 Å². The Hall–Kier alpha value is -1.75. The van der Waals surface area contributed by atoms with Crippen molar-refractivity contribution in [2.24, 2.45) is 5.41 Å². The highest BCUT2D eigenvalue weighted by Crippen LogP contribution is 2.28. The van der Waals surface area contributed by atoms with Crippen molar-refractivity contribution >= 4 is 11.7 Å². The number of aliphatic hydroxyl groups excluding tert-OH is 1. The van der Waals surface area contributed by atoms with Gasteiger partial charge in [-0.25, -0.2) is 4.79 Å². The number of carbonyl (C=O) groups is 1. The molecular formula is C14H21NO4. The number of hydrogen-bond acceptors (Lipinski definition) is 4. The third-order valence-electron chi connectivity index (χ3n) is 3.39. The zero-order valence-electron chi connectivity index (χ0n) is 11.6. The quantitative estimate of drug-likeness (QED) is 0.706. The van der Waals surface area contributed by atoms with Crippen molar-refractivity contribution < 1.29 is 19.7 Å². The number of rotatable bonds is 7. The van der Waals surface area contributed by atoms with Gasteiger partial charge in [0.1, 0.15) is 5.75 Å². The number of ether oxygens (including phenoxy) is 1. The fraction of sp³-hybridized carbons (Fsp3) is 0.500. The highest BCUT2D eigenvalue weighted by atomic mass is 16.5. The van der Waals surface area contributed by atoms with Crippen LogP contribution in [0, 0.1) is 5.41 Å². The van der Waals surface area contributed by atoms with Crippen molar-refractivity contribution in [3.8, 4) is 5.75 Å². The van der Waals surface area contributed by atoms with Crippen molar-refractivity contribution in [2.45, 2.75) is 20.3 Å². The summed E-state index contributed by atoms with van der Waals surface area (Å²) in [5.74, 6) is -0.396. The molecule has 5 nitrogen and oxygen atoms in total. The lowest BCUT2D eigenvalue weighted by molar-refractivity contribution is 0.0697. The summed E-state index contributed by atoms with van der Waals surface area (Å²) in [4.78, 5) is 11.0. The van der Waals surface area contributed by atoms with Crippen molar-refractivity contribution in [1.82, 2.24) is 0 Å². The van der Waals surface area contributed by atoms with Gasteiger partial charge in [-0.2, -0.15) is 0 Å². The maximum absolute atomic E-state index is 11.0. The first-order valence-electron chi connectivity index (χ1n) is 6.22. The number of nitrogens with one attached hydrogen (secondary N) is 1. The molecule has 0 aliphatic rings. The van der Waals surface area contributed by atoms with Crippen LogP contribution in [0.3, 0.4) is 0 Å². The molecule has 0 saturated heterocycles. The molecule has 0 aliphatic heterocycles. The zero-order valence-corrected chi connectivity index (χ0v) is 11.6. The number of carboxylic acids is 1. The molecule has 0 spiro atoms. The lowest BCUT2D eigenvalue weighted by atomic mass is 9.88. The number of benzene rings is 1. The predicted molar refractivity (Wildman–Crippen MR) is 73.9 cm³/mol. The molecule has 0 aliphatic carbocycles. The van der Waals surface area contributed by atoms with E-state index in [2.05, 4.69) is 5.32 Å². The van der Waals surface area contributed by atoms with Crippen molar-refractivity contribution in [3.05, 3.63) is 23.8 Å². The molecule has 5 heteroatoms. The van der Waals surface area contributed by atoms with Gasteiger partial charge in [-0.05, 0) is 24.6 Å². The maximum Gasteiger partial charge on any atom is 0.335 e. The van der Waals surface area contributed by atoms with Gasteiger partial charge < -0.3 is 20.3 Å². The summed E-state index contributed by atoms with van der Waals surface area (Å²) < 4.78 is 5.19. The van der Waals surface area contributed by atoms with Gasteiger partial charge in [0.05, 0.1) is 25.0 Å². The van der Waals surface area contributed by atoms with E-state index in [9.17, 15) is 9.90 Å². The van der Waals surface area contributed by atoms with Gasteiger partial charge in [-0.15, -0.1) is 0 Å². The SMILES string of the molecule is CCC(C)(CO)CNc1cc(C(=O)O)ccc1OC. The Bertz CT molecular complexity index is 441. The van der Waals surface area contributed by atoms with Crippen molar-refractivity contribution in [3.63, 3.8) is 0 Å². The minimum Gasteiger partial charge on any atom is -0.495 e. The molecule has 0 amide bonds. The van der Waals surface area contributed by atoms with Crippen LogP contribution in [0.5, 0.6) is 5.75 Å². The van der Waals surface area contributed by atoms with Gasteiger partial charge >= 0.3 is 5.97 Å². The monoisotopic (exact) mass is 267 g/mol. The van der Waals surface area contributed by atoms with E-state index in [0.717, 1.165) is 6.42 Å². The second-order valence-corrected chi connectivity index (χ2v) is 4.90. The molecule has 0 heterocycles. The lowest BCUT2D eigenvalue weighted by Gasteiger charge is -2.27. The Labute approximate surface area is 113 Å². The number of methoxy groups -OCH3 is 1. The summed E-state index contributed by atoms with van der Waals surface area (Å²) in [6.07, 6.45) is 0.817. The molecule has 0 aromatic heterocycles. The number of anilines is 1. The average Bonchev–Trinajstić information content (AvgIpc) is 2.44. The molecule has 0 radical (unpaired) electrons. The van der Waals surface area contributed by atoms with E-state index in [1.165, 1.54) is 19.2 Å². The Morgan fingerprint density at radius 1 is 1.47 bits per heavy atom. The van der Waals surface area contributed by atoms with Crippen molar-refractivity contribution in [2.75, 3.05) is 25.6 Å². The highest BCUT2D eigenvalue weighted by molar-refractivity contribution is 5.89. The molecule has 1 aromatic rings. The first-order valence-corrected chi connectivity index (χ1v) is 6.22. The molecule has 1 aromatic carbocycles. The molecule has 1 unspecified atom stereocenters. The number of aliphatic hydroxyl groups is 1. The van der Waals surface area contributed by atoms with E-state index >= 15 is 0 Å². The first kappa shape index (κ1) is 15.3. The molecule has 1 atom stereocenters. The van der Waals surface area contributed by atoms with Crippen LogP contribution in [0.4, 0.5) is 5.69 Å². The molecule has 106 valence electrons. The smallest absolute Gasteiger partial charge is 0.335 e. The lowest BCUT2D eigenvalue weighted by Crippen LogP contribution is -2.29. The largest absolute Gasteiger partial charge is 0.495 e. The first-order chi connectivity index (χ1) is 8.95. The van der Waals surface area contributed by atoms with E-state index in [1.54, 1.807) is 6.07 Å². The molecule has 1 rings (SSSR count). The Balaban J connectivity index is 2.92. The van der Waals surface area contributed by atoms with E-state index in [1.807, 2.05) is 13.8 Å². The fourth-order valence-electron chi connectivity index (χ4n) is 1.58. The van der Waals surface area contributed by atoms with Crippen molar-refractivity contribution in [1.29, 1.82) is 0 Å². The third kappa shape index (κ3) is 3.86. The summed E-state index contributed by atoms with van der Waals surface area (Å²) in [6.45, 7) is 4.58. The summed E-state index contributed by atoms with van der Waals surface area (Å²) in [5.41, 5.74) is 0.575. The van der Waals surface area contributed by atoms with Crippen LogP contribution in [0.15, 0.2) is 18.2 Å². The molecular weight excluding hydrogens is 246 g/mol. The predicted octanol–water partition coefficient (Wildman–Crippen LogP) is 2.21. The highest BCUT2D eigenvalue weighted by Gasteiger charge is 2.21. The normalized spacial score (nSPS) is 13.7. The van der Waals surface area contributed by atoms with Gasteiger partial charge in [-0.1, -0.05) is 13.8 Å². The van der Waals surface area contributed by atoms with Crippen LogP contribution < -0.4 is 10.1 Å². The molecule has 0 fully saturated rings. The van der Waals surface area contributed by atoms with E-state index in [4.69, 9.17) is 9.84 Å².